The van der Waals surface area contributed by atoms with Crippen LogP contribution < -0.4 is 19.7 Å². The lowest BCUT2D eigenvalue weighted by Crippen LogP contribution is -2.28. The van der Waals surface area contributed by atoms with Gasteiger partial charge in [-0.2, -0.15) is 4.98 Å². The second kappa shape index (κ2) is 8.79. The van der Waals surface area contributed by atoms with Crippen molar-refractivity contribution in [3.63, 3.8) is 0 Å². The molecule has 174 valence electrons. The number of para-hydroxylation sites is 1. The average molecular weight is 478 g/mol. The van der Waals surface area contributed by atoms with Crippen LogP contribution in [0.4, 0.5) is 11.6 Å². The number of amides is 2. The zero-order valence-corrected chi connectivity index (χ0v) is 19.8. The molecule has 0 aliphatic carbocycles. The van der Waals surface area contributed by atoms with Gasteiger partial charge in [0.1, 0.15) is 11.5 Å². The van der Waals surface area contributed by atoms with E-state index in [2.05, 4.69) is 15.4 Å². The molecule has 9 nitrogen and oxygen atoms in total. The molecule has 34 heavy (non-hydrogen) atoms. The first kappa shape index (κ1) is 21.9. The molecule has 1 saturated heterocycles. The molecule has 5 rings (SSSR count). The summed E-state index contributed by atoms with van der Waals surface area (Å²) in [5.74, 6) is 0.583. The van der Waals surface area contributed by atoms with Gasteiger partial charge in [0.05, 0.1) is 31.5 Å². The van der Waals surface area contributed by atoms with Crippen molar-refractivity contribution in [2.45, 2.75) is 13.3 Å². The SMILES string of the molecule is COc1ccccc1-c1csc2nc(NC(=O)C3CC(=O)N(c4cc(C)ccc4OC)C3)nn12. The number of carbonyl (C=O) groups is 2. The van der Waals surface area contributed by atoms with E-state index in [1.54, 1.807) is 23.6 Å². The molecule has 1 aliphatic heterocycles. The molecule has 0 saturated carbocycles. The van der Waals surface area contributed by atoms with Crippen LogP contribution in [0.25, 0.3) is 16.2 Å². The topological polar surface area (TPSA) is 98.1 Å². The van der Waals surface area contributed by atoms with Gasteiger partial charge >= 0.3 is 0 Å². The zero-order chi connectivity index (χ0) is 23.8. The Labute approximate surface area is 199 Å². The van der Waals surface area contributed by atoms with Crippen LogP contribution in [0.1, 0.15) is 12.0 Å². The molecule has 1 N–H and O–H groups in total. The molecule has 0 spiro atoms. The summed E-state index contributed by atoms with van der Waals surface area (Å²) < 4.78 is 12.6. The second-order valence-corrected chi connectivity index (χ2v) is 8.86. The number of thiazole rings is 1. The standard InChI is InChI=1S/C24H23N5O4S/c1-14-8-9-20(33-3)17(10-14)28-12-15(11-21(28)30)22(31)25-23-26-24-29(27-23)18(13-34-24)16-6-4-5-7-19(16)32-2/h4-10,13,15H,11-12H2,1-3H3,(H,25,27,31). The molecule has 1 fully saturated rings. The number of carbonyl (C=O) groups excluding carboxylic acids is 2. The van der Waals surface area contributed by atoms with E-state index in [9.17, 15) is 9.59 Å². The van der Waals surface area contributed by atoms with Crippen LogP contribution in [0.5, 0.6) is 11.5 Å². The maximum absolute atomic E-state index is 13.0. The van der Waals surface area contributed by atoms with Gasteiger partial charge in [0, 0.05) is 23.9 Å². The number of benzene rings is 2. The molecule has 1 aliphatic rings. The van der Waals surface area contributed by atoms with E-state index in [1.165, 1.54) is 11.3 Å². The third-order valence-electron chi connectivity index (χ3n) is 5.82. The van der Waals surface area contributed by atoms with Gasteiger partial charge in [-0.25, -0.2) is 4.52 Å². The quantitative estimate of drug-likeness (QED) is 0.454. The first-order valence-electron chi connectivity index (χ1n) is 10.7. The van der Waals surface area contributed by atoms with Crippen LogP contribution >= 0.6 is 11.3 Å². The Morgan fingerprint density at radius 2 is 1.94 bits per heavy atom. The summed E-state index contributed by atoms with van der Waals surface area (Å²) >= 11 is 1.42. The number of nitrogens with zero attached hydrogens (tertiary/aromatic N) is 4. The predicted octanol–water partition coefficient (Wildman–Crippen LogP) is 3.78. The number of hydrogen-bond acceptors (Lipinski definition) is 7. The highest BCUT2D eigenvalue weighted by Crippen LogP contribution is 2.35. The summed E-state index contributed by atoms with van der Waals surface area (Å²) in [7, 11) is 3.18. The number of anilines is 2. The Morgan fingerprint density at radius 3 is 2.74 bits per heavy atom. The average Bonchev–Trinajstić information content (AvgIpc) is 3.53. The smallest absolute Gasteiger partial charge is 0.250 e. The predicted molar refractivity (Wildman–Crippen MR) is 130 cm³/mol. The minimum absolute atomic E-state index is 0.109. The molecule has 3 heterocycles. The first-order valence-corrected chi connectivity index (χ1v) is 11.6. The normalized spacial score (nSPS) is 15.7. The number of aromatic nitrogens is 3. The zero-order valence-electron chi connectivity index (χ0n) is 18.9. The van der Waals surface area contributed by atoms with Crippen LogP contribution in [-0.4, -0.2) is 47.2 Å². The van der Waals surface area contributed by atoms with Gasteiger partial charge in [-0.15, -0.1) is 16.4 Å². The van der Waals surface area contributed by atoms with E-state index in [0.717, 1.165) is 22.6 Å². The third-order valence-corrected chi connectivity index (χ3v) is 6.64. The maximum Gasteiger partial charge on any atom is 0.250 e. The summed E-state index contributed by atoms with van der Waals surface area (Å²) in [6.45, 7) is 2.21. The van der Waals surface area contributed by atoms with Crippen molar-refractivity contribution in [2.24, 2.45) is 5.92 Å². The van der Waals surface area contributed by atoms with E-state index in [0.29, 0.717) is 16.4 Å². The van der Waals surface area contributed by atoms with Gasteiger partial charge in [-0.3, -0.25) is 14.9 Å². The first-order chi connectivity index (χ1) is 16.5. The van der Waals surface area contributed by atoms with E-state index < -0.39 is 5.92 Å². The highest BCUT2D eigenvalue weighted by molar-refractivity contribution is 7.15. The van der Waals surface area contributed by atoms with Crippen LogP contribution in [0.2, 0.25) is 0 Å². The summed E-state index contributed by atoms with van der Waals surface area (Å²) in [5, 5.41) is 9.21. The summed E-state index contributed by atoms with van der Waals surface area (Å²) in [6.07, 6.45) is 0.109. The monoisotopic (exact) mass is 477 g/mol. The molecule has 1 atom stereocenters. The molecule has 2 aromatic heterocycles. The van der Waals surface area contributed by atoms with Crippen molar-refractivity contribution >= 4 is 39.7 Å². The fraction of sp³-hybridized carbons (Fsp3) is 0.250. The Hall–Kier alpha value is -3.92. The molecule has 2 amide bonds. The van der Waals surface area contributed by atoms with Gasteiger partial charge in [0.2, 0.25) is 22.7 Å². The Balaban J connectivity index is 1.35. The summed E-state index contributed by atoms with van der Waals surface area (Å²) in [4.78, 5) is 32.4. The molecule has 1 unspecified atom stereocenters. The van der Waals surface area contributed by atoms with Crippen molar-refractivity contribution in [3.05, 3.63) is 53.4 Å². The second-order valence-electron chi connectivity index (χ2n) is 8.02. The van der Waals surface area contributed by atoms with Gasteiger partial charge < -0.3 is 14.4 Å². The number of aryl methyl sites for hydroxylation is 1. The number of nitrogens with one attached hydrogen (secondary N) is 1. The van der Waals surface area contributed by atoms with E-state index in [-0.39, 0.29) is 30.7 Å². The van der Waals surface area contributed by atoms with Crippen LogP contribution in [0.15, 0.2) is 47.8 Å². The summed E-state index contributed by atoms with van der Waals surface area (Å²) in [6, 6.07) is 13.3. The lowest BCUT2D eigenvalue weighted by Gasteiger charge is -2.20. The number of rotatable bonds is 6. The third kappa shape index (κ3) is 3.86. The van der Waals surface area contributed by atoms with Gasteiger partial charge in [0.15, 0.2) is 0 Å². The lowest BCUT2D eigenvalue weighted by molar-refractivity contribution is -0.122. The molecule has 2 aromatic carbocycles. The van der Waals surface area contributed by atoms with Crippen LogP contribution in [0, 0.1) is 12.8 Å². The minimum atomic E-state index is -0.520. The summed E-state index contributed by atoms with van der Waals surface area (Å²) in [5.41, 5.74) is 3.37. The van der Waals surface area contributed by atoms with E-state index in [1.807, 2.05) is 54.8 Å². The number of methoxy groups -OCH3 is 2. The van der Waals surface area contributed by atoms with Gasteiger partial charge in [-0.1, -0.05) is 18.2 Å². The van der Waals surface area contributed by atoms with Crippen molar-refractivity contribution in [3.8, 4) is 22.8 Å². The van der Waals surface area contributed by atoms with E-state index >= 15 is 0 Å². The maximum atomic E-state index is 13.0. The highest BCUT2D eigenvalue weighted by atomic mass is 32.1. The van der Waals surface area contributed by atoms with Crippen molar-refractivity contribution in [1.82, 2.24) is 14.6 Å². The number of fused-ring (bicyclic) bond motifs is 1. The fourth-order valence-corrected chi connectivity index (χ4v) is 4.94. The molecular formula is C24H23N5O4S. The fourth-order valence-electron chi connectivity index (χ4n) is 4.12. The number of ether oxygens (including phenoxy) is 2. The Kier molecular flexibility index (Phi) is 5.66. The minimum Gasteiger partial charge on any atom is -0.496 e. The molecule has 10 heteroatoms. The van der Waals surface area contributed by atoms with Crippen molar-refractivity contribution in [2.75, 3.05) is 31.0 Å². The molecular weight excluding hydrogens is 454 g/mol. The van der Waals surface area contributed by atoms with Gasteiger partial charge in [-0.05, 0) is 36.8 Å². The molecule has 0 bridgehead atoms. The molecule has 4 aromatic rings. The Bertz CT molecular complexity index is 1400. The van der Waals surface area contributed by atoms with Crippen LogP contribution in [0.3, 0.4) is 0 Å². The van der Waals surface area contributed by atoms with Gasteiger partial charge in [0.25, 0.3) is 0 Å². The Morgan fingerprint density at radius 1 is 1.15 bits per heavy atom. The molecule has 0 radical (unpaired) electrons. The number of hydrogen-bond donors (Lipinski definition) is 1. The van der Waals surface area contributed by atoms with Crippen LogP contribution in [-0.2, 0) is 9.59 Å². The largest absolute Gasteiger partial charge is 0.496 e. The highest BCUT2D eigenvalue weighted by Gasteiger charge is 2.36. The van der Waals surface area contributed by atoms with Crippen molar-refractivity contribution in [1.29, 1.82) is 0 Å². The van der Waals surface area contributed by atoms with Crippen molar-refractivity contribution < 1.29 is 19.1 Å². The lowest BCUT2D eigenvalue weighted by atomic mass is 10.1. The van der Waals surface area contributed by atoms with E-state index in [4.69, 9.17) is 9.47 Å².